The van der Waals surface area contributed by atoms with Gasteiger partial charge < -0.3 is 10.0 Å². The van der Waals surface area contributed by atoms with Crippen molar-refractivity contribution in [3.63, 3.8) is 0 Å². The number of rotatable bonds is 5. The minimum atomic E-state index is -1.09. The number of thiophene rings is 1. The van der Waals surface area contributed by atoms with Gasteiger partial charge in [0.15, 0.2) is 5.72 Å². The van der Waals surface area contributed by atoms with Crippen LogP contribution >= 0.6 is 11.3 Å². The van der Waals surface area contributed by atoms with E-state index in [4.69, 9.17) is 0 Å². The van der Waals surface area contributed by atoms with E-state index in [0.717, 1.165) is 41.7 Å². The van der Waals surface area contributed by atoms with E-state index in [0.29, 0.717) is 13.0 Å². The van der Waals surface area contributed by atoms with Gasteiger partial charge in [-0.15, -0.1) is 11.3 Å². The molecule has 21 heavy (non-hydrogen) atoms. The lowest BCUT2D eigenvalue weighted by Gasteiger charge is -2.36. The molecule has 0 bridgehead atoms. The molecule has 1 atom stereocenters. The molecule has 1 aromatic heterocycles. The standard InChI is InChI=1S/C17H21NO2S/c1-2-3-10-17(20)15-9-5-4-8-14(15)16(19)18(17)12-13-7-6-11-21-13/h4,6-8,11,20H,2-3,5,9-10,12H2,1H3. The molecule has 1 N–H and O–H groups in total. The Kier molecular flexibility index (Phi) is 4.00. The van der Waals surface area contributed by atoms with Crippen LogP contribution in [0.3, 0.4) is 0 Å². The summed E-state index contributed by atoms with van der Waals surface area (Å²) in [6, 6.07) is 4.00. The van der Waals surface area contributed by atoms with Crippen molar-refractivity contribution in [2.75, 3.05) is 0 Å². The van der Waals surface area contributed by atoms with Gasteiger partial charge in [0.05, 0.1) is 6.54 Å². The first-order chi connectivity index (χ1) is 10.2. The second-order valence-electron chi connectivity index (χ2n) is 5.72. The SMILES string of the molecule is CCCCC1(O)C2=C(C=CCC2)C(=O)N1Cc1cccs1. The molecule has 1 aromatic rings. The smallest absolute Gasteiger partial charge is 0.256 e. The van der Waals surface area contributed by atoms with Crippen molar-refractivity contribution in [1.29, 1.82) is 0 Å². The Labute approximate surface area is 129 Å². The van der Waals surface area contributed by atoms with Gasteiger partial charge in [0, 0.05) is 10.5 Å². The number of carbonyl (C=O) groups is 1. The summed E-state index contributed by atoms with van der Waals surface area (Å²) >= 11 is 1.63. The summed E-state index contributed by atoms with van der Waals surface area (Å²) in [6.45, 7) is 2.61. The minimum Gasteiger partial charge on any atom is -0.367 e. The van der Waals surface area contributed by atoms with Gasteiger partial charge in [0.2, 0.25) is 0 Å². The van der Waals surface area contributed by atoms with Crippen molar-refractivity contribution in [2.24, 2.45) is 0 Å². The maximum Gasteiger partial charge on any atom is 0.256 e. The Hall–Kier alpha value is -1.39. The van der Waals surface area contributed by atoms with E-state index in [-0.39, 0.29) is 5.91 Å². The molecule has 0 saturated heterocycles. The number of hydrogen-bond donors (Lipinski definition) is 1. The first-order valence-corrected chi connectivity index (χ1v) is 8.51. The van der Waals surface area contributed by atoms with Crippen LogP contribution in [0.25, 0.3) is 0 Å². The van der Waals surface area contributed by atoms with Crippen molar-refractivity contribution in [3.8, 4) is 0 Å². The first kappa shape index (κ1) is 14.5. The van der Waals surface area contributed by atoms with Crippen molar-refractivity contribution >= 4 is 17.2 Å². The van der Waals surface area contributed by atoms with E-state index in [1.165, 1.54) is 0 Å². The van der Waals surface area contributed by atoms with Crippen LogP contribution in [0.5, 0.6) is 0 Å². The highest BCUT2D eigenvalue weighted by molar-refractivity contribution is 7.09. The fraction of sp³-hybridized carbons (Fsp3) is 0.471. The first-order valence-electron chi connectivity index (χ1n) is 7.63. The minimum absolute atomic E-state index is 0.0204. The second-order valence-corrected chi connectivity index (χ2v) is 6.76. The fourth-order valence-corrected chi connectivity index (χ4v) is 3.92. The zero-order valence-corrected chi connectivity index (χ0v) is 13.2. The van der Waals surface area contributed by atoms with Crippen LogP contribution in [0.15, 0.2) is 40.8 Å². The van der Waals surface area contributed by atoms with Crippen LogP contribution in [-0.2, 0) is 11.3 Å². The third-order valence-electron chi connectivity index (χ3n) is 4.35. The molecule has 1 aliphatic carbocycles. The molecule has 3 rings (SSSR count). The van der Waals surface area contributed by atoms with Gasteiger partial charge >= 0.3 is 0 Å². The maximum absolute atomic E-state index is 12.7. The summed E-state index contributed by atoms with van der Waals surface area (Å²) in [4.78, 5) is 15.5. The third-order valence-corrected chi connectivity index (χ3v) is 5.21. The average molecular weight is 303 g/mol. The predicted molar refractivity (Wildman–Crippen MR) is 84.7 cm³/mol. The summed E-state index contributed by atoms with van der Waals surface area (Å²) in [6.07, 6.45) is 8.20. The van der Waals surface area contributed by atoms with Crippen LogP contribution < -0.4 is 0 Å². The molecule has 0 fully saturated rings. The molecule has 0 spiro atoms. The van der Waals surface area contributed by atoms with E-state index in [1.807, 2.05) is 29.7 Å². The van der Waals surface area contributed by atoms with Crippen LogP contribution in [0.4, 0.5) is 0 Å². The van der Waals surface area contributed by atoms with Gasteiger partial charge in [-0.1, -0.05) is 31.6 Å². The van der Waals surface area contributed by atoms with Gasteiger partial charge in [-0.05, 0) is 42.7 Å². The maximum atomic E-state index is 12.7. The van der Waals surface area contributed by atoms with Crippen LogP contribution in [0, 0.1) is 0 Å². The fourth-order valence-electron chi connectivity index (χ4n) is 3.23. The quantitative estimate of drug-likeness (QED) is 0.902. The largest absolute Gasteiger partial charge is 0.367 e. The molecule has 0 radical (unpaired) electrons. The van der Waals surface area contributed by atoms with Crippen molar-refractivity contribution < 1.29 is 9.90 Å². The monoisotopic (exact) mass is 303 g/mol. The number of hydrogen-bond acceptors (Lipinski definition) is 3. The molecular weight excluding hydrogens is 282 g/mol. The normalized spacial score (nSPS) is 24.9. The lowest BCUT2D eigenvalue weighted by Crippen LogP contribution is -2.47. The number of amides is 1. The van der Waals surface area contributed by atoms with Crippen molar-refractivity contribution in [3.05, 3.63) is 45.7 Å². The molecule has 3 nitrogen and oxygen atoms in total. The Morgan fingerprint density at radius 2 is 2.33 bits per heavy atom. The van der Waals surface area contributed by atoms with Gasteiger partial charge in [-0.2, -0.15) is 0 Å². The lowest BCUT2D eigenvalue weighted by molar-refractivity contribution is -0.145. The summed E-state index contributed by atoms with van der Waals surface area (Å²) in [5, 5.41) is 13.3. The van der Waals surface area contributed by atoms with Gasteiger partial charge in [-0.25, -0.2) is 0 Å². The molecule has 1 unspecified atom stereocenters. The molecule has 2 heterocycles. The van der Waals surface area contributed by atoms with Gasteiger partial charge in [0.1, 0.15) is 0 Å². The van der Waals surface area contributed by atoms with E-state index >= 15 is 0 Å². The zero-order valence-electron chi connectivity index (χ0n) is 12.3. The summed E-state index contributed by atoms with van der Waals surface area (Å²) in [7, 11) is 0. The van der Waals surface area contributed by atoms with Crippen LogP contribution in [-0.4, -0.2) is 21.6 Å². The summed E-state index contributed by atoms with van der Waals surface area (Å²) in [5.41, 5.74) is 0.563. The Morgan fingerprint density at radius 3 is 3.05 bits per heavy atom. The molecule has 1 aliphatic heterocycles. The lowest BCUT2D eigenvalue weighted by atomic mass is 9.89. The topological polar surface area (TPSA) is 40.5 Å². The van der Waals surface area contributed by atoms with Crippen LogP contribution in [0.1, 0.15) is 43.9 Å². The molecule has 0 saturated carbocycles. The highest BCUT2D eigenvalue weighted by Gasteiger charge is 2.49. The van der Waals surface area contributed by atoms with E-state index in [1.54, 1.807) is 16.2 Å². The zero-order chi connectivity index (χ0) is 14.9. The van der Waals surface area contributed by atoms with E-state index in [9.17, 15) is 9.90 Å². The van der Waals surface area contributed by atoms with E-state index in [2.05, 4.69) is 6.92 Å². The molecule has 112 valence electrons. The number of allylic oxidation sites excluding steroid dienone is 1. The average Bonchev–Trinajstić information content (AvgIpc) is 3.08. The summed E-state index contributed by atoms with van der Waals surface area (Å²) < 4.78 is 0. The molecule has 0 aromatic carbocycles. The number of unbranched alkanes of at least 4 members (excludes halogenated alkanes) is 1. The molecular formula is C17H21NO2S. The Balaban J connectivity index is 1.94. The van der Waals surface area contributed by atoms with Crippen molar-refractivity contribution in [1.82, 2.24) is 4.90 Å². The van der Waals surface area contributed by atoms with Gasteiger partial charge in [0.25, 0.3) is 5.91 Å². The number of carbonyl (C=O) groups excluding carboxylic acids is 1. The Bertz CT molecular complexity index is 588. The van der Waals surface area contributed by atoms with Gasteiger partial charge in [-0.3, -0.25) is 4.79 Å². The third kappa shape index (κ3) is 2.47. The summed E-state index contributed by atoms with van der Waals surface area (Å²) in [5.74, 6) is -0.0204. The molecule has 1 amide bonds. The number of aliphatic hydroxyl groups is 1. The van der Waals surface area contributed by atoms with E-state index < -0.39 is 5.72 Å². The van der Waals surface area contributed by atoms with Crippen LogP contribution in [0.2, 0.25) is 0 Å². The molecule has 4 heteroatoms. The predicted octanol–water partition coefficient (Wildman–Crippen LogP) is 3.62. The second kappa shape index (κ2) is 5.78. The van der Waals surface area contributed by atoms with Crippen molar-refractivity contribution in [2.45, 2.75) is 51.3 Å². The highest BCUT2D eigenvalue weighted by Crippen LogP contribution is 2.43. The Morgan fingerprint density at radius 1 is 1.48 bits per heavy atom. The highest BCUT2D eigenvalue weighted by atomic mass is 32.1. The molecule has 2 aliphatic rings. The number of nitrogens with zero attached hydrogens (tertiary/aromatic N) is 1.